The highest BCUT2D eigenvalue weighted by Crippen LogP contribution is 2.40. The van der Waals surface area contributed by atoms with Crippen LogP contribution in [0.1, 0.15) is 46.6 Å². The fourth-order valence-electron chi connectivity index (χ4n) is 3.97. The second kappa shape index (κ2) is 10.8. The molecule has 0 amide bonds. The van der Waals surface area contributed by atoms with E-state index in [1.165, 1.54) is 10.2 Å². The predicted octanol–water partition coefficient (Wildman–Crippen LogP) is 5.44. The molecular weight excluding hydrogens is 475 g/mol. The van der Waals surface area contributed by atoms with Gasteiger partial charge in [-0.15, -0.1) is 12.0 Å². The van der Waals surface area contributed by atoms with Crippen molar-refractivity contribution >= 4 is 39.7 Å². The lowest BCUT2D eigenvalue weighted by atomic mass is 10.3. The molecule has 0 aliphatic rings. The smallest absolute Gasteiger partial charge is 0.485 e. The molecule has 176 valence electrons. The minimum absolute atomic E-state index is 0.577. The highest BCUT2D eigenvalue weighted by Gasteiger charge is 2.42. The monoisotopic (exact) mass is 503 g/mol. The summed E-state index contributed by atoms with van der Waals surface area (Å²) >= 11 is 1.76. The van der Waals surface area contributed by atoms with Crippen molar-refractivity contribution in [3.8, 4) is 23.8 Å². The standard InChI is InChI=1S/C21H28NSSi.CHF3O3S/c1-8-14-22-19-11-9-10-12-20(19)23-21(22)13-15-24(16(2)3,17(4)5)18(6)7;2-1(3,4)8(5,6)7/h1,9-12,16-18H,14H2,2-7H3;(H,5,6,7)/q+1;/p-1. The molecule has 0 bridgehead atoms. The Labute approximate surface area is 193 Å². The highest BCUT2D eigenvalue weighted by molar-refractivity contribution is 7.86. The number of halogens is 3. The van der Waals surface area contributed by atoms with Crippen LogP contribution in [0.3, 0.4) is 0 Å². The summed E-state index contributed by atoms with van der Waals surface area (Å²) in [6.45, 7) is 14.7. The highest BCUT2D eigenvalue weighted by atomic mass is 32.2. The zero-order valence-corrected chi connectivity index (χ0v) is 21.6. The third-order valence-electron chi connectivity index (χ3n) is 5.39. The number of rotatable bonds is 4. The molecule has 1 heterocycles. The summed E-state index contributed by atoms with van der Waals surface area (Å²) in [5.74, 6) is 6.35. The van der Waals surface area contributed by atoms with Gasteiger partial charge in [-0.3, -0.25) is 0 Å². The molecule has 1 aromatic heterocycles. The second-order valence-corrected chi connectivity index (χ2v) is 16.2. The van der Waals surface area contributed by atoms with E-state index in [-0.39, 0.29) is 0 Å². The molecule has 0 atom stereocenters. The van der Waals surface area contributed by atoms with Gasteiger partial charge in [0.2, 0.25) is 12.1 Å². The van der Waals surface area contributed by atoms with Gasteiger partial charge in [-0.05, 0) is 28.6 Å². The quantitative estimate of drug-likeness (QED) is 0.183. The van der Waals surface area contributed by atoms with E-state index in [1.807, 2.05) is 0 Å². The second-order valence-electron chi connectivity index (χ2n) is 8.21. The van der Waals surface area contributed by atoms with Gasteiger partial charge in [-0.25, -0.2) is 8.42 Å². The molecule has 2 aromatic rings. The van der Waals surface area contributed by atoms with E-state index in [4.69, 9.17) is 19.4 Å². The first-order chi connectivity index (χ1) is 14.6. The lowest BCUT2D eigenvalue weighted by Gasteiger charge is -2.37. The summed E-state index contributed by atoms with van der Waals surface area (Å²) in [5, 5.41) is 1.09. The van der Waals surface area contributed by atoms with Crippen LogP contribution in [0.25, 0.3) is 10.2 Å². The Morgan fingerprint density at radius 1 is 1.09 bits per heavy atom. The number of fused-ring (bicyclic) bond motifs is 1. The lowest BCUT2D eigenvalue weighted by molar-refractivity contribution is -0.656. The Balaban J connectivity index is 0.000000547. The minimum atomic E-state index is -6.09. The van der Waals surface area contributed by atoms with Crippen molar-refractivity contribution in [1.82, 2.24) is 0 Å². The van der Waals surface area contributed by atoms with Crippen molar-refractivity contribution in [1.29, 1.82) is 0 Å². The minimum Gasteiger partial charge on any atom is -0.741 e. The predicted molar refractivity (Wildman–Crippen MR) is 125 cm³/mol. The van der Waals surface area contributed by atoms with E-state index < -0.39 is 23.7 Å². The summed E-state index contributed by atoms with van der Waals surface area (Å²) in [5.41, 5.74) is 1.28. The number of nitrogens with zero attached hydrogens (tertiary/aromatic N) is 1. The number of terminal acetylenes is 1. The molecule has 4 nitrogen and oxygen atoms in total. The first-order valence-corrected chi connectivity index (χ1v) is 14.4. The van der Waals surface area contributed by atoms with Crippen LogP contribution in [0, 0.1) is 23.8 Å². The van der Waals surface area contributed by atoms with E-state index in [0.29, 0.717) is 23.2 Å². The molecule has 0 fully saturated rings. The maximum absolute atomic E-state index is 10.7. The Bertz CT molecular complexity index is 1110. The normalized spacial score (nSPS) is 12.4. The first kappa shape index (κ1) is 28.2. The van der Waals surface area contributed by atoms with Gasteiger partial charge >= 0.3 is 10.5 Å². The van der Waals surface area contributed by atoms with Crippen molar-refractivity contribution in [3.63, 3.8) is 0 Å². The Hall–Kier alpha value is -1.85. The van der Waals surface area contributed by atoms with Gasteiger partial charge < -0.3 is 4.55 Å². The Morgan fingerprint density at radius 3 is 1.97 bits per heavy atom. The topological polar surface area (TPSA) is 61.1 Å². The average Bonchev–Trinajstić information content (AvgIpc) is 2.98. The van der Waals surface area contributed by atoms with Gasteiger partial charge in [0.05, 0.1) is 0 Å². The van der Waals surface area contributed by atoms with Crippen LogP contribution in [0.5, 0.6) is 0 Å². The zero-order valence-electron chi connectivity index (χ0n) is 18.9. The van der Waals surface area contributed by atoms with Crippen molar-refractivity contribution in [2.45, 2.75) is 70.2 Å². The maximum Gasteiger partial charge on any atom is 0.485 e. The van der Waals surface area contributed by atoms with Gasteiger partial charge in [0, 0.05) is 12.0 Å². The van der Waals surface area contributed by atoms with Crippen LogP contribution in [0.2, 0.25) is 16.6 Å². The summed E-state index contributed by atoms with van der Waals surface area (Å²) in [4.78, 5) is 0. The molecule has 32 heavy (non-hydrogen) atoms. The van der Waals surface area contributed by atoms with E-state index in [9.17, 15) is 13.2 Å². The lowest BCUT2D eigenvalue weighted by Crippen LogP contribution is -2.43. The number of aromatic nitrogens is 1. The van der Waals surface area contributed by atoms with Crippen LogP contribution in [0.15, 0.2) is 24.3 Å². The molecule has 0 saturated carbocycles. The summed E-state index contributed by atoms with van der Waals surface area (Å²) in [6.07, 6.45) is 5.60. The molecule has 0 spiro atoms. The van der Waals surface area contributed by atoms with E-state index in [2.05, 4.69) is 87.8 Å². The van der Waals surface area contributed by atoms with Gasteiger partial charge in [-0.2, -0.15) is 17.7 Å². The van der Waals surface area contributed by atoms with Crippen LogP contribution < -0.4 is 4.57 Å². The Kier molecular flexibility index (Phi) is 9.55. The van der Waals surface area contributed by atoms with Crippen LogP contribution in [-0.2, 0) is 16.7 Å². The molecule has 0 saturated heterocycles. The van der Waals surface area contributed by atoms with Gasteiger partial charge in [-0.1, -0.05) is 65.0 Å². The average molecular weight is 504 g/mol. The van der Waals surface area contributed by atoms with Gasteiger partial charge in [0.25, 0.3) is 0 Å². The molecule has 10 heteroatoms. The number of thiazole rings is 1. The fraction of sp³-hybridized carbons (Fsp3) is 0.500. The van der Waals surface area contributed by atoms with Crippen LogP contribution in [0.4, 0.5) is 13.2 Å². The fourth-order valence-corrected chi connectivity index (χ4v) is 10.3. The third-order valence-corrected chi connectivity index (χ3v) is 13.3. The molecule has 0 aliphatic carbocycles. The molecule has 0 N–H and O–H groups in total. The zero-order chi connectivity index (χ0) is 24.9. The summed E-state index contributed by atoms with van der Waals surface area (Å²) in [6, 6.07) is 8.42. The number of hydrogen-bond acceptors (Lipinski definition) is 4. The van der Waals surface area contributed by atoms with E-state index in [0.717, 1.165) is 5.01 Å². The number of alkyl halides is 3. The molecule has 0 aliphatic heterocycles. The van der Waals surface area contributed by atoms with Crippen LogP contribution in [-0.4, -0.2) is 26.6 Å². The van der Waals surface area contributed by atoms with Crippen LogP contribution >= 0.6 is 11.3 Å². The molecule has 1 aromatic carbocycles. The van der Waals surface area contributed by atoms with Crippen molar-refractivity contribution in [3.05, 3.63) is 29.3 Å². The molecular formula is C22H28F3NO3S2Si. The maximum atomic E-state index is 10.7. The summed E-state index contributed by atoms with van der Waals surface area (Å²) in [7, 11) is -7.81. The number of para-hydroxylation sites is 1. The van der Waals surface area contributed by atoms with Gasteiger partial charge in [0.1, 0.15) is 12.8 Å². The largest absolute Gasteiger partial charge is 0.741 e. The van der Waals surface area contributed by atoms with E-state index in [1.54, 1.807) is 11.3 Å². The van der Waals surface area contributed by atoms with Gasteiger partial charge in [0.15, 0.2) is 10.1 Å². The van der Waals surface area contributed by atoms with Crippen molar-refractivity contribution in [2.24, 2.45) is 0 Å². The third kappa shape index (κ3) is 6.35. The Morgan fingerprint density at radius 2 is 1.56 bits per heavy atom. The number of benzene rings is 1. The summed E-state index contributed by atoms with van der Waals surface area (Å²) < 4.78 is 62.3. The van der Waals surface area contributed by atoms with E-state index >= 15 is 0 Å². The SMILES string of the molecule is C#CC[n+]1c(C#C[Si](C(C)C)(C(C)C)C(C)C)sc2ccccc21.O=S(=O)([O-])C(F)(F)F. The number of hydrogen-bond donors (Lipinski definition) is 0. The molecule has 0 radical (unpaired) electrons. The molecule has 0 unspecified atom stereocenters. The molecule has 2 rings (SSSR count). The van der Waals surface area contributed by atoms with Crippen molar-refractivity contribution in [2.75, 3.05) is 0 Å². The first-order valence-electron chi connectivity index (χ1n) is 9.99. The van der Waals surface area contributed by atoms with Crippen molar-refractivity contribution < 1.29 is 30.7 Å².